The van der Waals surface area contributed by atoms with E-state index in [9.17, 15) is 14.4 Å². The number of rotatable bonds is 3. The van der Waals surface area contributed by atoms with E-state index in [-0.39, 0.29) is 16.6 Å². The highest BCUT2D eigenvalue weighted by Crippen LogP contribution is 2.20. The second-order valence-electron chi connectivity index (χ2n) is 3.73. The Kier molecular flexibility index (Phi) is 3.33. The molecule has 0 atom stereocenters. The molecule has 0 spiro atoms. The van der Waals surface area contributed by atoms with Gasteiger partial charge in [-0.3, -0.25) is 0 Å². The third-order valence-corrected chi connectivity index (χ3v) is 3.25. The van der Waals surface area contributed by atoms with Crippen molar-refractivity contribution in [3.05, 3.63) is 31.9 Å². The SMILES string of the molecule is CCCC(=O)On1c(=O)oc(=O)c2sc(C)cc21. The average molecular weight is 269 g/mol. The number of carbonyl (C=O) groups is 1. The summed E-state index contributed by atoms with van der Waals surface area (Å²) in [5, 5.41) is 0. The molecule has 7 heteroatoms. The van der Waals surface area contributed by atoms with E-state index in [2.05, 4.69) is 4.42 Å². The molecule has 2 aromatic rings. The standard InChI is InChI=1S/C11H11NO5S/c1-3-4-8(13)17-12-7-5-6(2)18-9(7)10(14)16-11(12)15/h5H,3-4H2,1-2H3. The van der Waals surface area contributed by atoms with E-state index in [4.69, 9.17) is 4.84 Å². The normalized spacial score (nSPS) is 10.8. The molecule has 0 amide bonds. The quantitative estimate of drug-likeness (QED) is 0.833. The molecule has 0 bridgehead atoms. The number of hydrogen-bond donors (Lipinski definition) is 0. The molecule has 2 aromatic heterocycles. The van der Waals surface area contributed by atoms with E-state index in [1.807, 2.05) is 6.92 Å². The van der Waals surface area contributed by atoms with Crippen molar-refractivity contribution < 1.29 is 14.0 Å². The first-order chi connectivity index (χ1) is 8.52. The lowest BCUT2D eigenvalue weighted by Gasteiger charge is -2.04. The van der Waals surface area contributed by atoms with Gasteiger partial charge in [0.05, 0.1) is 0 Å². The Bertz CT molecular complexity index is 708. The van der Waals surface area contributed by atoms with Gasteiger partial charge < -0.3 is 9.25 Å². The Hall–Kier alpha value is -1.89. The molecule has 0 saturated heterocycles. The zero-order chi connectivity index (χ0) is 13.3. The first-order valence-electron chi connectivity index (χ1n) is 5.40. The van der Waals surface area contributed by atoms with Crippen molar-refractivity contribution >= 4 is 27.5 Å². The topological polar surface area (TPSA) is 78.5 Å². The second-order valence-corrected chi connectivity index (χ2v) is 4.99. The fourth-order valence-electron chi connectivity index (χ4n) is 1.50. The van der Waals surface area contributed by atoms with Gasteiger partial charge in [0.25, 0.3) is 0 Å². The van der Waals surface area contributed by atoms with Crippen LogP contribution in [-0.4, -0.2) is 10.7 Å². The van der Waals surface area contributed by atoms with Crippen LogP contribution in [0.1, 0.15) is 24.6 Å². The number of aryl methyl sites for hydroxylation is 1. The van der Waals surface area contributed by atoms with Crippen LogP contribution in [0.5, 0.6) is 0 Å². The maximum atomic E-state index is 11.5. The second kappa shape index (κ2) is 4.77. The minimum atomic E-state index is -0.991. The highest BCUT2D eigenvalue weighted by Gasteiger charge is 2.15. The molecule has 18 heavy (non-hydrogen) atoms. The molecule has 2 rings (SSSR count). The van der Waals surface area contributed by atoms with Gasteiger partial charge in [-0.2, -0.15) is 0 Å². The fourth-order valence-corrected chi connectivity index (χ4v) is 2.37. The van der Waals surface area contributed by atoms with Crippen molar-refractivity contribution in [3.63, 3.8) is 0 Å². The number of nitrogens with zero attached hydrogens (tertiary/aromatic N) is 1. The number of hydrogen-bond acceptors (Lipinski definition) is 6. The fraction of sp³-hybridized carbons (Fsp3) is 0.364. The van der Waals surface area contributed by atoms with Gasteiger partial charge in [0.1, 0.15) is 10.2 Å². The van der Waals surface area contributed by atoms with Crippen LogP contribution >= 0.6 is 11.3 Å². The van der Waals surface area contributed by atoms with Gasteiger partial charge in [0.2, 0.25) is 0 Å². The van der Waals surface area contributed by atoms with Crippen LogP contribution in [0.3, 0.4) is 0 Å². The minimum absolute atomic E-state index is 0.191. The van der Waals surface area contributed by atoms with E-state index in [0.717, 1.165) is 9.61 Å². The van der Waals surface area contributed by atoms with Crippen LogP contribution in [0.25, 0.3) is 10.2 Å². The molecule has 6 nitrogen and oxygen atoms in total. The highest BCUT2D eigenvalue weighted by molar-refractivity contribution is 7.18. The third-order valence-electron chi connectivity index (χ3n) is 2.23. The largest absolute Gasteiger partial charge is 0.456 e. The molecule has 0 aliphatic rings. The lowest BCUT2D eigenvalue weighted by atomic mass is 10.3. The maximum Gasteiger partial charge on any atom is 0.456 e. The summed E-state index contributed by atoms with van der Waals surface area (Å²) < 4.78 is 5.49. The van der Waals surface area contributed by atoms with Crippen LogP contribution in [0.15, 0.2) is 20.1 Å². The van der Waals surface area contributed by atoms with Gasteiger partial charge in [0.15, 0.2) is 0 Å². The predicted molar refractivity (Wildman–Crippen MR) is 65.9 cm³/mol. The lowest BCUT2D eigenvalue weighted by molar-refractivity contribution is -0.144. The first kappa shape index (κ1) is 12.6. The molecule has 0 N–H and O–H groups in total. The monoisotopic (exact) mass is 269 g/mol. The third kappa shape index (κ3) is 2.21. The minimum Gasteiger partial charge on any atom is -0.369 e. The van der Waals surface area contributed by atoms with Crippen LogP contribution in [0.4, 0.5) is 0 Å². The van der Waals surface area contributed by atoms with Crippen LogP contribution in [0.2, 0.25) is 0 Å². The van der Waals surface area contributed by atoms with Gasteiger partial charge in [-0.05, 0) is 19.4 Å². The van der Waals surface area contributed by atoms with Crippen molar-refractivity contribution in [1.29, 1.82) is 0 Å². The molecule has 0 aliphatic carbocycles. The summed E-state index contributed by atoms with van der Waals surface area (Å²) in [6.45, 7) is 3.60. The van der Waals surface area contributed by atoms with E-state index in [1.54, 1.807) is 13.0 Å². The van der Waals surface area contributed by atoms with Crippen molar-refractivity contribution in [2.45, 2.75) is 26.7 Å². The zero-order valence-electron chi connectivity index (χ0n) is 9.89. The molecule has 0 fully saturated rings. The Morgan fingerprint density at radius 3 is 2.89 bits per heavy atom. The van der Waals surface area contributed by atoms with Gasteiger partial charge in [-0.15, -0.1) is 16.1 Å². The summed E-state index contributed by atoms with van der Waals surface area (Å²) in [5.41, 5.74) is -0.445. The molecule has 0 radical (unpaired) electrons. The Morgan fingerprint density at radius 2 is 2.22 bits per heavy atom. The van der Waals surface area contributed by atoms with Crippen molar-refractivity contribution in [2.75, 3.05) is 0 Å². The Balaban J connectivity index is 2.59. The summed E-state index contributed by atoms with van der Waals surface area (Å²) in [6.07, 6.45) is 0.798. The smallest absolute Gasteiger partial charge is 0.369 e. The van der Waals surface area contributed by atoms with Crippen LogP contribution in [0, 0.1) is 6.92 Å². The summed E-state index contributed by atoms with van der Waals surface area (Å²) in [4.78, 5) is 40.1. The number of carbonyl (C=O) groups excluding carboxylic acids is 1. The maximum absolute atomic E-state index is 11.5. The van der Waals surface area contributed by atoms with Gasteiger partial charge in [0, 0.05) is 11.3 Å². The summed E-state index contributed by atoms with van der Waals surface area (Å²) in [7, 11) is 0. The Labute approximate surface area is 105 Å². The summed E-state index contributed by atoms with van der Waals surface area (Å²) in [5.74, 6) is -1.53. The van der Waals surface area contributed by atoms with Gasteiger partial charge in [-0.25, -0.2) is 14.4 Å². The molecule has 0 aromatic carbocycles. The number of aromatic nitrogens is 1. The summed E-state index contributed by atoms with van der Waals surface area (Å²) in [6, 6.07) is 1.61. The van der Waals surface area contributed by atoms with Crippen LogP contribution in [-0.2, 0) is 4.79 Å². The number of fused-ring (bicyclic) bond motifs is 1. The molecule has 2 heterocycles. The average Bonchev–Trinajstić information content (AvgIpc) is 2.67. The summed E-state index contributed by atoms with van der Waals surface area (Å²) >= 11 is 1.18. The zero-order valence-corrected chi connectivity index (χ0v) is 10.7. The molecular formula is C11H11NO5S. The van der Waals surface area contributed by atoms with Crippen molar-refractivity contribution in [2.24, 2.45) is 0 Å². The van der Waals surface area contributed by atoms with Gasteiger partial charge >= 0.3 is 17.4 Å². The molecule has 0 aliphatic heterocycles. The van der Waals surface area contributed by atoms with E-state index in [1.165, 1.54) is 11.3 Å². The number of thiophene rings is 1. The molecule has 0 saturated carbocycles. The highest BCUT2D eigenvalue weighted by atomic mass is 32.1. The molecular weight excluding hydrogens is 258 g/mol. The lowest BCUT2D eigenvalue weighted by Crippen LogP contribution is -2.32. The van der Waals surface area contributed by atoms with Gasteiger partial charge in [-0.1, -0.05) is 6.92 Å². The van der Waals surface area contributed by atoms with Crippen molar-refractivity contribution in [1.82, 2.24) is 4.73 Å². The van der Waals surface area contributed by atoms with Crippen LogP contribution < -0.4 is 16.2 Å². The van der Waals surface area contributed by atoms with Crippen molar-refractivity contribution in [3.8, 4) is 0 Å². The van der Waals surface area contributed by atoms with E-state index >= 15 is 0 Å². The predicted octanol–water partition coefficient (Wildman–Crippen LogP) is 1.08. The first-order valence-corrected chi connectivity index (χ1v) is 6.22. The van der Waals surface area contributed by atoms with E-state index in [0.29, 0.717) is 6.42 Å². The molecule has 0 unspecified atom stereocenters. The Morgan fingerprint density at radius 1 is 1.50 bits per heavy atom. The molecule has 96 valence electrons. The van der Waals surface area contributed by atoms with E-state index < -0.39 is 17.4 Å².